The summed E-state index contributed by atoms with van der Waals surface area (Å²) in [6.45, 7) is 8.69. The first-order chi connectivity index (χ1) is 14.2. The van der Waals surface area contributed by atoms with Crippen molar-refractivity contribution in [2.24, 2.45) is 11.3 Å². The van der Waals surface area contributed by atoms with Crippen molar-refractivity contribution in [1.82, 2.24) is 4.98 Å². The van der Waals surface area contributed by atoms with Gasteiger partial charge in [-0.15, -0.1) is 11.3 Å². The van der Waals surface area contributed by atoms with Crippen LogP contribution in [-0.4, -0.2) is 10.9 Å². The third-order valence-corrected chi connectivity index (χ3v) is 5.27. The molecular weight excluding hydrogens is 397 g/mol. The SMILES string of the molecule is C[C@@H](CC(=O)Nc1cccc(-c2csc(Nc3cccc(F)c3)n2)c1)CC(C)(C)C. The van der Waals surface area contributed by atoms with Crippen molar-refractivity contribution < 1.29 is 9.18 Å². The molecule has 0 aliphatic carbocycles. The molecular formula is C24H28FN3OS. The number of halogens is 1. The van der Waals surface area contributed by atoms with Gasteiger partial charge in [-0.25, -0.2) is 9.37 Å². The molecule has 158 valence electrons. The number of hydrogen-bond acceptors (Lipinski definition) is 4. The van der Waals surface area contributed by atoms with E-state index in [0.29, 0.717) is 23.2 Å². The number of aromatic nitrogens is 1. The zero-order chi connectivity index (χ0) is 21.7. The van der Waals surface area contributed by atoms with Crippen molar-refractivity contribution >= 4 is 33.8 Å². The molecule has 2 aromatic carbocycles. The molecule has 1 heterocycles. The summed E-state index contributed by atoms with van der Waals surface area (Å²) in [6.07, 6.45) is 1.50. The normalized spacial score (nSPS) is 12.4. The maximum Gasteiger partial charge on any atom is 0.224 e. The van der Waals surface area contributed by atoms with E-state index in [1.807, 2.05) is 29.6 Å². The van der Waals surface area contributed by atoms with Crippen molar-refractivity contribution in [1.29, 1.82) is 0 Å². The van der Waals surface area contributed by atoms with Crippen LogP contribution in [-0.2, 0) is 4.79 Å². The number of rotatable bonds is 7. The highest BCUT2D eigenvalue weighted by Crippen LogP contribution is 2.29. The van der Waals surface area contributed by atoms with Crippen LogP contribution in [0.25, 0.3) is 11.3 Å². The second kappa shape index (κ2) is 9.39. The summed E-state index contributed by atoms with van der Waals surface area (Å²) in [4.78, 5) is 17.0. The first kappa shape index (κ1) is 22.0. The minimum atomic E-state index is -0.294. The number of amides is 1. The van der Waals surface area contributed by atoms with Gasteiger partial charge < -0.3 is 10.6 Å². The Labute approximate surface area is 181 Å². The van der Waals surface area contributed by atoms with Gasteiger partial charge in [0.25, 0.3) is 0 Å². The monoisotopic (exact) mass is 425 g/mol. The third-order valence-electron chi connectivity index (χ3n) is 4.52. The second-order valence-electron chi connectivity index (χ2n) is 8.88. The van der Waals surface area contributed by atoms with Crippen LogP contribution in [0.5, 0.6) is 0 Å². The van der Waals surface area contributed by atoms with Gasteiger partial charge in [-0.1, -0.05) is 45.9 Å². The van der Waals surface area contributed by atoms with E-state index in [1.165, 1.54) is 23.5 Å². The van der Waals surface area contributed by atoms with E-state index < -0.39 is 0 Å². The minimum Gasteiger partial charge on any atom is -0.331 e. The number of thiazole rings is 1. The van der Waals surface area contributed by atoms with Crippen LogP contribution in [0.15, 0.2) is 53.9 Å². The zero-order valence-electron chi connectivity index (χ0n) is 17.8. The van der Waals surface area contributed by atoms with Crippen LogP contribution in [0, 0.1) is 17.2 Å². The predicted molar refractivity (Wildman–Crippen MR) is 124 cm³/mol. The van der Waals surface area contributed by atoms with Gasteiger partial charge >= 0.3 is 0 Å². The van der Waals surface area contributed by atoms with Crippen LogP contribution < -0.4 is 10.6 Å². The molecule has 30 heavy (non-hydrogen) atoms. The Kier molecular flexibility index (Phi) is 6.87. The van der Waals surface area contributed by atoms with E-state index in [4.69, 9.17) is 0 Å². The summed E-state index contributed by atoms with van der Waals surface area (Å²) in [5.74, 6) is 0.0517. The highest BCUT2D eigenvalue weighted by molar-refractivity contribution is 7.14. The molecule has 0 aliphatic heterocycles. The van der Waals surface area contributed by atoms with Gasteiger partial charge in [0.1, 0.15) is 5.82 Å². The Morgan fingerprint density at radius 2 is 1.87 bits per heavy atom. The van der Waals surface area contributed by atoms with Gasteiger partial charge in [0.05, 0.1) is 5.69 Å². The lowest BCUT2D eigenvalue weighted by molar-refractivity contribution is -0.117. The average Bonchev–Trinajstić information content (AvgIpc) is 3.08. The van der Waals surface area contributed by atoms with Crippen molar-refractivity contribution in [3.8, 4) is 11.3 Å². The molecule has 0 saturated heterocycles. The Morgan fingerprint density at radius 1 is 1.13 bits per heavy atom. The molecule has 3 rings (SSSR count). The Hall–Kier alpha value is -2.73. The van der Waals surface area contributed by atoms with Gasteiger partial charge in [-0.05, 0) is 48.1 Å². The molecule has 0 radical (unpaired) electrons. The number of anilines is 3. The standard InChI is InChI=1S/C24H28FN3OS/c1-16(14-24(2,3)4)11-22(29)26-19-9-5-7-17(12-19)21-15-30-23(28-21)27-20-10-6-8-18(25)13-20/h5-10,12-13,15-16H,11,14H2,1-4H3,(H,26,29)(H,27,28)/t16-/m0/s1. The van der Waals surface area contributed by atoms with Crippen LogP contribution in [0.2, 0.25) is 0 Å². The lowest BCUT2D eigenvalue weighted by Crippen LogP contribution is -2.18. The fourth-order valence-electron chi connectivity index (χ4n) is 3.56. The summed E-state index contributed by atoms with van der Waals surface area (Å²) in [5, 5.41) is 8.74. The molecule has 0 saturated carbocycles. The number of carbonyl (C=O) groups excluding carboxylic acids is 1. The van der Waals surface area contributed by atoms with Gasteiger partial charge in [0.15, 0.2) is 5.13 Å². The molecule has 0 spiro atoms. The fourth-order valence-corrected chi connectivity index (χ4v) is 4.30. The first-order valence-electron chi connectivity index (χ1n) is 10.1. The van der Waals surface area contributed by atoms with E-state index in [-0.39, 0.29) is 17.1 Å². The highest BCUT2D eigenvalue weighted by Gasteiger charge is 2.18. The Bertz CT molecular complexity index is 1010. The molecule has 1 amide bonds. The maximum absolute atomic E-state index is 13.4. The summed E-state index contributed by atoms with van der Waals surface area (Å²) in [7, 11) is 0. The molecule has 0 bridgehead atoms. The lowest BCUT2D eigenvalue weighted by atomic mass is 9.84. The topological polar surface area (TPSA) is 54.0 Å². The van der Waals surface area contributed by atoms with E-state index in [2.05, 4.69) is 43.3 Å². The number of nitrogens with one attached hydrogen (secondary N) is 2. The highest BCUT2D eigenvalue weighted by atomic mass is 32.1. The van der Waals surface area contributed by atoms with E-state index in [9.17, 15) is 9.18 Å². The quantitative estimate of drug-likeness (QED) is 0.425. The van der Waals surface area contributed by atoms with Crippen molar-refractivity contribution in [2.75, 3.05) is 10.6 Å². The molecule has 0 fully saturated rings. The number of benzene rings is 2. The molecule has 0 aliphatic rings. The predicted octanol–water partition coefficient (Wildman–Crippen LogP) is 7.09. The second-order valence-corrected chi connectivity index (χ2v) is 9.73. The zero-order valence-corrected chi connectivity index (χ0v) is 18.6. The molecule has 6 heteroatoms. The Balaban J connectivity index is 1.64. The van der Waals surface area contributed by atoms with Crippen LogP contribution in [0.3, 0.4) is 0 Å². The number of nitrogens with zero attached hydrogens (tertiary/aromatic N) is 1. The average molecular weight is 426 g/mol. The minimum absolute atomic E-state index is 0.0237. The summed E-state index contributed by atoms with van der Waals surface area (Å²) in [5.41, 5.74) is 3.34. The molecule has 2 N–H and O–H groups in total. The maximum atomic E-state index is 13.4. The molecule has 1 aromatic heterocycles. The summed E-state index contributed by atoms with van der Waals surface area (Å²) < 4.78 is 13.4. The van der Waals surface area contributed by atoms with E-state index >= 15 is 0 Å². The third kappa shape index (κ3) is 6.66. The van der Waals surface area contributed by atoms with Crippen molar-refractivity contribution in [3.63, 3.8) is 0 Å². The van der Waals surface area contributed by atoms with Crippen LogP contribution >= 0.6 is 11.3 Å². The molecule has 4 nitrogen and oxygen atoms in total. The van der Waals surface area contributed by atoms with Crippen molar-refractivity contribution in [3.05, 3.63) is 59.7 Å². The lowest BCUT2D eigenvalue weighted by Gasteiger charge is -2.22. The van der Waals surface area contributed by atoms with Crippen LogP contribution in [0.1, 0.15) is 40.5 Å². The first-order valence-corrected chi connectivity index (χ1v) is 10.9. The Morgan fingerprint density at radius 3 is 2.60 bits per heavy atom. The van der Waals surface area contributed by atoms with Gasteiger partial charge in [0.2, 0.25) is 5.91 Å². The molecule has 3 aromatic rings. The smallest absolute Gasteiger partial charge is 0.224 e. The van der Waals surface area contributed by atoms with E-state index in [0.717, 1.165) is 23.4 Å². The summed E-state index contributed by atoms with van der Waals surface area (Å²) >= 11 is 1.45. The number of hydrogen-bond donors (Lipinski definition) is 2. The molecule has 0 unspecified atom stereocenters. The fraction of sp³-hybridized carbons (Fsp3) is 0.333. The summed E-state index contributed by atoms with van der Waals surface area (Å²) in [6, 6.07) is 13.9. The largest absolute Gasteiger partial charge is 0.331 e. The number of carbonyl (C=O) groups is 1. The van der Waals surface area contributed by atoms with Gasteiger partial charge in [-0.3, -0.25) is 4.79 Å². The van der Waals surface area contributed by atoms with E-state index in [1.54, 1.807) is 12.1 Å². The van der Waals surface area contributed by atoms with Crippen molar-refractivity contribution in [2.45, 2.75) is 40.5 Å². The van der Waals surface area contributed by atoms with Gasteiger partial charge in [-0.2, -0.15) is 0 Å². The molecule has 1 atom stereocenters. The van der Waals surface area contributed by atoms with Gasteiger partial charge in [0, 0.05) is 28.7 Å². The van der Waals surface area contributed by atoms with Crippen LogP contribution in [0.4, 0.5) is 20.9 Å².